The van der Waals surface area contributed by atoms with Crippen LogP contribution in [0.15, 0.2) is 41.4 Å². The Kier molecular flexibility index (Phi) is 5.32. The summed E-state index contributed by atoms with van der Waals surface area (Å²) in [5.74, 6) is 0.194. The minimum absolute atomic E-state index is 0.0498. The zero-order valence-electron chi connectivity index (χ0n) is 20.2. The number of aromatic amines is 1. The smallest absolute Gasteiger partial charge is 0.195 e. The summed E-state index contributed by atoms with van der Waals surface area (Å²) in [6.45, 7) is 10.1. The molecule has 0 saturated carbocycles. The van der Waals surface area contributed by atoms with Crippen molar-refractivity contribution in [2.45, 2.75) is 50.5 Å². The average molecular weight is 475 g/mol. The number of hydrogen-bond donors (Lipinski definition) is 1. The number of aliphatic imine (C=N–C) groups is 1. The minimum atomic E-state index is -0.587. The summed E-state index contributed by atoms with van der Waals surface area (Å²) < 4.78 is 23.4. The lowest BCUT2D eigenvalue weighted by molar-refractivity contribution is -0.141. The van der Waals surface area contributed by atoms with E-state index in [2.05, 4.69) is 22.8 Å². The molecule has 2 aliphatic heterocycles. The molecule has 0 bridgehead atoms. The molecule has 3 heterocycles. The van der Waals surface area contributed by atoms with Gasteiger partial charge in [-0.15, -0.1) is 0 Å². The number of nitrogens with zero attached hydrogens (tertiary/aromatic N) is 1. The Hall–Kier alpha value is -3.00. The maximum atomic E-state index is 13.8. The van der Waals surface area contributed by atoms with Crippen LogP contribution in [0.1, 0.15) is 59.4 Å². The van der Waals surface area contributed by atoms with Gasteiger partial charge in [0.1, 0.15) is 18.5 Å². The fourth-order valence-electron chi connectivity index (χ4n) is 5.82. The number of fused-ring (bicyclic) bond motifs is 6. The van der Waals surface area contributed by atoms with Gasteiger partial charge in [-0.3, -0.25) is 9.79 Å². The Labute approximate surface area is 204 Å². The third-order valence-electron chi connectivity index (χ3n) is 7.46. The molecule has 2 fully saturated rings. The highest BCUT2D eigenvalue weighted by molar-refractivity contribution is 6.20. The second kappa shape index (κ2) is 8.29. The van der Waals surface area contributed by atoms with Crippen LogP contribution < -0.4 is 4.74 Å². The van der Waals surface area contributed by atoms with Crippen molar-refractivity contribution in [3.8, 4) is 5.75 Å². The number of hydrogen-bond acceptors (Lipinski definition) is 6. The highest BCUT2D eigenvalue weighted by atomic mass is 16.7. The highest BCUT2D eigenvalue weighted by Gasteiger charge is 2.47. The van der Waals surface area contributed by atoms with Crippen molar-refractivity contribution in [2.24, 2.45) is 4.99 Å². The topological polar surface area (TPSA) is 82.1 Å². The number of nitrogens with one attached hydrogen (secondary N) is 1. The lowest BCUT2D eigenvalue weighted by Crippen LogP contribution is -2.40. The van der Waals surface area contributed by atoms with Gasteiger partial charge in [-0.2, -0.15) is 0 Å². The van der Waals surface area contributed by atoms with Gasteiger partial charge in [-0.25, -0.2) is 0 Å². The summed E-state index contributed by atoms with van der Waals surface area (Å²) >= 11 is 0. The van der Waals surface area contributed by atoms with Gasteiger partial charge in [0.05, 0.1) is 18.7 Å². The van der Waals surface area contributed by atoms with Gasteiger partial charge in [0.2, 0.25) is 0 Å². The Morgan fingerprint density at radius 3 is 2.74 bits per heavy atom. The predicted octanol–water partition coefficient (Wildman–Crippen LogP) is 4.54. The fraction of sp³-hybridized carbons (Fsp3) is 0.429. The summed E-state index contributed by atoms with van der Waals surface area (Å²) in [6.07, 6.45) is 1.47. The van der Waals surface area contributed by atoms with E-state index in [4.69, 9.17) is 18.9 Å². The van der Waals surface area contributed by atoms with Crippen LogP contribution in [-0.4, -0.2) is 55.8 Å². The lowest BCUT2D eigenvalue weighted by Gasteiger charge is -2.41. The summed E-state index contributed by atoms with van der Waals surface area (Å²) in [7, 11) is 0. The van der Waals surface area contributed by atoms with E-state index in [1.807, 2.05) is 44.2 Å². The van der Waals surface area contributed by atoms with E-state index in [9.17, 15) is 4.79 Å². The van der Waals surface area contributed by atoms with Crippen LogP contribution in [0.25, 0.3) is 10.9 Å². The molecule has 1 spiro atoms. The van der Waals surface area contributed by atoms with E-state index in [1.54, 1.807) is 0 Å². The molecule has 3 aliphatic rings. The largest absolute Gasteiger partial charge is 0.491 e. The number of ketones is 1. The van der Waals surface area contributed by atoms with Crippen LogP contribution in [0, 0.1) is 0 Å². The molecule has 1 aliphatic carbocycles. The van der Waals surface area contributed by atoms with Crippen molar-refractivity contribution in [2.75, 3.05) is 26.4 Å². The van der Waals surface area contributed by atoms with Gasteiger partial charge in [0.25, 0.3) is 0 Å². The SMILES string of the molecule is C=NCc1ccc2c3c([nH]c2c1)C1(CCOCC1)c1cc(OC[C@H]2COC(C)(C)O2)ccc1C3=O. The fourth-order valence-corrected chi connectivity index (χ4v) is 5.82. The monoisotopic (exact) mass is 474 g/mol. The maximum absolute atomic E-state index is 13.8. The van der Waals surface area contributed by atoms with Gasteiger partial charge >= 0.3 is 0 Å². The quantitative estimate of drug-likeness (QED) is 0.549. The molecule has 1 aromatic heterocycles. The second-order valence-corrected chi connectivity index (χ2v) is 10.1. The van der Waals surface area contributed by atoms with Crippen LogP contribution in [0.4, 0.5) is 0 Å². The second-order valence-electron chi connectivity index (χ2n) is 10.1. The van der Waals surface area contributed by atoms with Gasteiger partial charge in [0, 0.05) is 40.8 Å². The molecule has 2 aromatic carbocycles. The number of rotatable bonds is 5. The van der Waals surface area contributed by atoms with Crippen molar-refractivity contribution < 1.29 is 23.7 Å². The zero-order valence-corrected chi connectivity index (χ0v) is 20.2. The molecular formula is C28H30N2O5. The molecule has 2 saturated heterocycles. The normalized spacial score (nSPS) is 22.2. The van der Waals surface area contributed by atoms with Crippen molar-refractivity contribution in [1.29, 1.82) is 0 Å². The van der Waals surface area contributed by atoms with Crippen LogP contribution >= 0.6 is 0 Å². The number of H-pyrrole nitrogens is 1. The molecule has 3 aromatic rings. The van der Waals surface area contributed by atoms with Crippen LogP contribution in [0.5, 0.6) is 5.75 Å². The maximum Gasteiger partial charge on any atom is 0.195 e. The first-order valence-corrected chi connectivity index (χ1v) is 12.2. The zero-order chi connectivity index (χ0) is 24.2. The molecule has 7 nitrogen and oxygen atoms in total. The van der Waals surface area contributed by atoms with E-state index >= 15 is 0 Å². The van der Waals surface area contributed by atoms with Crippen LogP contribution in [0.3, 0.4) is 0 Å². The van der Waals surface area contributed by atoms with Crippen molar-refractivity contribution in [1.82, 2.24) is 4.98 Å². The van der Waals surface area contributed by atoms with Crippen LogP contribution in [0.2, 0.25) is 0 Å². The first-order valence-electron chi connectivity index (χ1n) is 12.2. The number of aromatic nitrogens is 1. The number of carbonyl (C=O) groups is 1. The summed E-state index contributed by atoms with van der Waals surface area (Å²) in [4.78, 5) is 21.5. The van der Waals surface area contributed by atoms with Gasteiger partial charge in [0.15, 0.2) is 11.6 Å². The summed E-state index contributed by atoms with van der Waals surface area (Å²) in [5, 5.41) is 0.954. The van der Waals surface area contributed by atoms with E-state index in [0.29, 0.717) is 33.0 Å². The highest BCUT2D eigenvalue weighted by Crippen LogP contribution is 2.50. The summed E-state index contributed by atoms with van der Waals surface area (Å²) in [5.41, 5.74) is 5.21. The summed E-state index contributed by atoms with van der Waals surface area (Å²) in [6, 6.07) is 12.0. The first kappa shape index (κ1) is 22.5. The minimum Gasteiger partial charge on any atom is -0.491 e. The van der Waals surface area contributed by atoms with E-state index in [0.717, 1.165) is 57.4 Å². The molecule has 0 amide bonds. The number of ether oxygens (including phenoxy) is 4. The number of carbonyl (C=O) groups excluding carboxylic acids is 1. The molecule has 1 atom stereocenters. The van der Waals surface area contributed by atoms with Crippen molar-refractivity contribution >= 4 is 23.4 Å². The Morgan fingerprint density at radius 1 is 1.17 bits per heavy atom. The molecule has 1 N–H and O–H groups in total. The standard InChI is InChI=1S/C28H30N2O5/c1-27(2)34-16-19(35-27)15-33-18-5-7-20-22(13-18)28(8-10-32-11-9-28)26-24(25(20)31)21-6-4-17(14-29-3)12-23(21)30-26/h4-7,12-13,19,30H,3,8-11,14-16H2,1-2H3/t19-/m0/s1. The van der Waals surface area contributed by atoms with Crippen molar-refractivity contribution in [3.05, 3.63) is 64.3 Å². The first-order chi connectivity index (χ1) is 16.9. The molecule has 35 heavy (non-hydrogen) atoms. The Balaban J connectivity index is 1.41. The molecule has 0 unspecified atom stereocenters. The van der Waals surface area contributed by atoms with E-state index in [-0.39, 0.29) is 17.3 Å². The van der Waals surface area contributed by atoms with Crippen molar-refractivity contribution in [3.63, 3.8) is 0 Å². The Morgan fingerprint density at radius 2 is 2.00 bits per heavy atom. The van der Waals surface area contributed by atoms with Crippen LogP contribution in [-0.2, 0) is 26.2 Å². The lowest BCUT2D eigenvalue weighted by atomic mass is 9.64. The average Bonchev–Trinajstić information content (AvgIpc) is 3.42. The molecule has 6 rings (SSSR count). The molecular weight excluding hydrogens is 444 g/mol. The molecule has 0 radical (unpaired) electrons. The predicted molar refractivity (Wildman–Crippen MR) is 133 cm³/mol. The van der Waals surface area contributed by atoms with Gasteiger partial charge in [-0.05, 0) is 68.8 Å². The molecule has 182 valence electrons. The Bertz CT molecular complexity index is 1320. The number of benzene rings is 2. The van der Waals surface area contributed by atoms with Gasteiger partial charge in [-0.1, -0.05) is 12.1 Å². The third-order valence-corrected chi connectivity index (χ3v) is 7.46. The van der Waals surface area contributed by atoms with E-state index < -0.39 is 5.79 Å². The third kappa shape index (κ3) is 3.69. The van der Waals surface area contributed by atoms with E-state index in [1.165, 1.54) is 0 Å². The van der Waals surface area contributed by atoms with Gasteiger partial charge < -0.3 is 23.9 Å². The molecule has 7 heteroatoms.